The van der Waals surface area contributed by atoms with Crippen LogP contribution >= 0.6 is 23.2 Å². The van der Waals surface area contributed by atoms with Gasteiger partial charge in [0.25, 0.3) is 5.91 Å². The molecule has 3 rings (SSSR count). The third kappa shape index (κ3) is 4.78. The van der Waals surface area contributed by atoms with Crippen LogP contribution in [-0.4, -0.2) is 27.5 Å². The van der Waals surface area contributed by atoms with Gasteiger partial charge in [-0.05, 0) is 55.7 Å². The van der Waals surface area contributed by atoms with E-state index in [9.17, 15) is 13.2 Å². The average molecular weight is 443 g/mol. The molecule has 1 amide bonds. The molecule has 0 saturated heterocycles. The van der Waals surface area contributed by atoms with Gasteiger partial charge < -0.3 is 10.1 Å². The Morgan fingerprint density at radius 3 is 2.50 bits per heavy atom. The maximum atomic E-state index is 12.7. The van der Waals surface area contributed by atoms with Crippen LogP contribution in [-0.2, 0) is 10.0 Å². The SMILES string of the molecule is COc1ccc(C(=O)NC(C)c2ccc(Cl)cc2Cl)cc1S(=O)(=O)NC1CC1. The van der Waals surface area contributed by atoms with Crippen molar-refractivity contribution in [3.8, 4) is 5.75 Å². The number of rotatable bonds is 7. The molecule has 9 heteroatoms. The minimum Gasteiger partial charge on any atom is -0.495 e. The Kier molecular flexibility index (Phi) is 6.19. The third-order valence-electron chi connectivity index (χ3n) is 4.39. The highest BCUT2D eigenvalue weighted by molar-refractivity contribution is 7.89. The molecule has 1 aliphatic rings. The second-order valence-electron chi connectivity index (χ2n) is 6.62. The molecule has 0 bridgehead atoms. The van der Waals surface area contributed by atoms with E-state index >= 15 is 0 Å². The summed E-state index contributed by atoms with van der Waals surface area (Å²) in [5.74, 6) is -0.248. The number of carbonyl (C=O) groups is 1. The van der Waals surface area contributed by atoms with E-state index in [4.69, 9.17) is 27.9 Å². The number of sulfonamides is 1. The molecular formula is C19H20Cl2N2O4S. The first-order valence-corrected chi connectivity index (χ1v) is 10.9. The van der Waals surface area contributed by atoms with E-state index in [0.717, 1.165) is 12.8 Å². The smallest absolute Gasteiger partial charge is 0.251 e. The van der Waals surface area contributed by atoms with Gasteiger partial charge >= 0.3 is 0 Å². The number of amides is 1. The van der Waals surface area contributed by atoms with E-state index in [1.165, 1.54) is 25.3 Å². The summed E-state index contributed by atoms with van der Waals surface area (Å²) in [6.07, 6.45) is 1.61. The van der Waals surface area contributed by atoms with E-state index < -0.39 is 22.0 Å². The summed E-state index contributed by atoms with van der Waals surface area (Å²) in [5, 5.41) is 3.76. The van der Waals surface area contributed by atoms with Gasteiger partial charge in [0, 0.05) is 21.7 Å². The van der Waals surface area contributed by atoms with Crippen LogP contribution < -0.4 is 14.8 Å². The third-order valence-corrected chi connectivity index (χ3v) is 6.50. The molecule has 0 aliphatic heterocycles. The Morgan fingerprint density at radius 2 is 1.89 bits per heavy atom. The predicted octanol–water partition coefficient (Wildman–Crippen LogP) is 3.93. The fraction of sp³-hybridized carbons (Fsp3) is 0.316. The first-order chi connectivity index (χ1) is 13.2. The second kappa shape index (κ2) is 8.29. The normalized spacial score (nSPS) is 15.1. The minimum atomic E-state index is -3.78. The standard InChI is InChI=1S/C19H20Cl2N2O4S/c1-11(15-7-4-13(20)10-16(15)21)22-19(24)12-3-8-17(27-2)18(9-12)28(25,26)23-14-5-6-14/h3-4,7-11,14,23H,5-6H2,1-2H3,(H,22,24). The molecule has 2 aromatic carbocycles. The van der Waals surface area contributed by atoms with Gasteiger partial charge in [0.05, 0.1) is 13.2 Å². The highest BCUT2D eigenvalue weighted by Gasteiger charge is 2.30. The van der Waals surface area contributed by atoms with Crippen molar-refractivity contribution < 1.29 is 17.9 Å². The molecule has 0 heterocycles. The lowest BCUT2D eigenvalue weighted by Gasteiger charge is -2.17. The molecule has 28 heavy (non-hydrogen) atoms. The lowest BCUT2D eigenvalue weighted by Crippen LogP contribution is -2.28. The molecule has 150 valence electrons. The molecule has 1 atom stereocenters. The molecule has 2 aromatic rings. The Bertz CT molecular complexity index is 1010. The molecule has 1 aliphatic carbocycles. The molecule has 1 saturated carbocycles. The zero-order chi connectivity index (χ0) is 20.5. The Balaban J connectivity index is 1.84. The van der Waals surface area contributed by atoms with Gasteiger partial charge in [0.1, 0.15) is 10.6 Å². The van der Waals surface area contributed by atoms with Gasteiger partial charge in [0.2, 0.25) is 10.0 Å². The predicted molar refractivity (Wildman–Crippen MR) is 109 cm³/mol. The second-order valence-corrected chi connectivity index (χ2v) is 9.15. The van der Waals surface area contributed by atoms with Crippen molar-refractivity contribution in [1.29, 1.82) is 0 Å². The number of hydrogen-bond donors (Lipinski definition) is 2. The van der Waals surface area contributed by atoms with Gasteiger partial charge in [0.15, 0.2) is 0 Å². The van der Waals surface area contributed by atoms with Crippen molar-refractivity contribution in [1.82, 2.24) is 10.0 Å². The van der Waals surface area contributed by atoms with Crippen LogP contribution in [0.4, 0.5) is 0 Å². The molecule has 1 unspecified atom stereocenters. The van der Waals surface area contributed by atoms with E-state index in [-0.39, 0.29) is 22.3 Å². The summed E-state index contributed by atoms with van der Waals surface area (Å²) < 4.78 is 33.0. The summed E-state index contributed by atoms with van der Waals surface area (Å²) in [6, 6.07) is 8.86. The first-order valence-electron chi connectivity index (χ1n) is 8.67. The van der Waals surface area contributed by atoms with E-state index in [0.29, 0.717) is 15.6 Å². The zero-order valence-corrected chi connectivity index (χ0v) is 17.7. The molecule has 2 N–H and O–H groups in total. The van der Waals surface area contributed by atoms with Crippen LogP contribution in [0.3, 0.4) is 0 Å². The number of nitrogens with one attached hydrogen (secondary N) is 2. The van der Waals surface area contributed by atoms with Crippen LogP contribution in [0.25, 0.3) is 0 Å². The molecule has 0 spiro atoms. The van der Waals surface area contributed by atoms with E-state index in [1.54, 1.807) is 25.1 Å². The topological polar surface area (TPSA) is 84.5 Å². The summed E-state index contributed by atoms with van der Waals surface area (Å²) in [5.41, 5.74) is 0.907. The summed E-state index contributed by atoms with van der Waals surface area (Å²) in [4.78, 5) is 12.6. The fourth-order valence-electron chi connectivity index (χ4n) is 2.72. The van der Waals surface area contributed by atoms with Crippen LogP contribution in [0.2, 0.25) is 10.0 Å². The van der Waals surface area contributed by atoms with Crippen molar-refractivity contribution in [3.63, 3.8) is 0 Å². The van der Waals surface area contributed by atoms with Gasteiger partial charge in [-0.25, -0.2) is 13.1 Å². The Labute approximate surface area is 174 Å². The zero-order valence-electron chi connectivity index (χ0n) is 15.3. The molecule has 1 fully saturated rings. The average Bonchev–Trinajstić information content (AvgIpc) is 3.44. The van der Waals surface area contributed by atoms with Crippen molar-refractivity contribution >= 4 is 39.1 Å². The van der Waals surface area contributed by atoms with Gasteiger partial charge in [-0.3, -0.25) is 4.79 Å². The van der Waals surface area contributed by atoms with Crippen LogP contribution in [0.15, 0.2) is 41.3 Å². The minimum absolute atomic E-state index is 0.0562. The maximum Gasteiger partial charge on any atom is 0.251 e. The van der Waals surface area contributed by atoms with Crippen molar-refractivity contribution in [2.75, 3.05) is 7.11 Å². The number of ether oxygens (including phenoxy) is 1. The van der Waals surface area contributed by atoms with Gasteiger partial charge in [-0.2, -0.15) is 0 Å². The number of hydrogen-bond acceptors (Lipinski definition) is 4. The van der Waals surface area contributed by atoms with Crippen LogP contribution in [0.1, 0.15) is 41.7 Å². The number of carbonyl (C=O) groups excluding carboxylic acids is 1. The fourth-order valence-corrected chi connectivity index (χ4v) is 4.79. The summed E-state index contributed by atoms with van der Waals surface area (Å²) in [7, 11) is -2.39. The van der Waals surface area contributed by atoms with E-state index in [1.807, 2.05) is 0 Å². The lowest BCUT2D eigenvalue weighted by atomic mass is 10.1. The quantitative estimate of drug-likeness (QED) is 0.679. The van der Waals surface area contributed by atoms with Crippen molar-refractivity contribution in [3.05, 3.63) is 57.6 Å². The Morgan fingerprint density at radius 1 is 1.18 bits per heavy atom. The van der Waals surface area contributed by atoms with Crippen LogP contribution in [0.5, 0.6) is 5.75 Å². The number of benzene rings is 2. The van der Waals surface area contributed by atoms with Crippen molar-refractivity contribution in [2.24, 2.45) is 0 Å². The highest BCUT2D eigenvalue weighted by atomic mass is 35.5. The maximum absolute atomic E-state index is 12.7. The number of halogens is 2. The van der Waals surface area contributed by atoms with Crippen LogP contribution in [0, 0.1) is 0 Å². The largest absolute Gasteiger partial charge is 0.495 e. The lowest BCUT2D eigenvalue weighted by molar-refractivity contribution is 0.0939. The van der Waals surface area contributed by atoms with Gasteiger partial charge in [-0.1, -0.05) is 29.3 Å². The molecule has 0 radical (unpaired) electrons. The van der Waals surface area contributed by atoms with Gasteiger partial charge in [-0.15, -0.1) is 0 Å². The van der Waals surface area contributed by atoms with E-state index in [2.05, 4.69) is 10.0 Å². The monoisotopic (exact) mass is 442 g/mol. The molecule has 6 nitrogen and oxygen atoms in total. The molecular weight excluding hydrogens is 423 g/mol. The summed E-state index contributed by atoms with van der Waals surface area (Å²) >= 11 is 12.1. The highest BCUT2D eigenvalue weighted by Crippen LogP contribution is 2.29. The number of methoxy groups -OCH3 is 1. The van der Waals surface area contributed by atoms with Crippen molar-refractivity contribution in [2.45, 2.75) is 36.7 Å². The molecule has 0 aromatic heterocycles. The first kappa shape index (κ1) is 20.9. The Hall–Kier alpha value is -1.80. The summed E-state index contributed by atoms with van der Waals surface area (Å²) in [6.45, 7) is 1.78.